The summed E-state index contributed by atoms with van der Waals surface area (Å²) < 4.78 is 1.98. The third-order valence-corrected chi connectivity index (χ3v) is 6.61. The second-order valence-corrected chi connectivity index (χ2v) is 8.95. The molecule has 0 saturated carbocycles. The van der Waals surface area contributed by atoms with Crippen molar-refractivity contribution in [1.82, 2.24) is 19.8 Å². The Morgan fingerprint density at radius 3 is 2.49 bits per heavy atom. The largest absolute Gasteiger partial charge is 0.352 e. The van der Waals surface area contributed by atoms with Gasteiger partial charge in [0.1, 0.15) is 0 Å². The molecule has 0 spiro atoms. The zero-order valence-corrected chi connectivity index (χ0v) is 20.5. The van der Waals surface area contributed by atoms with E-state index < -0.39 is 4.92 Å². The first-order valence-electron chi connectivity index (χ1n) is 11.8. The number of carbonyl (C=O) groups is 1. The fourth-order valence-electron chi connectivity index (χ4n) is 4.54. The highest BCUT2D eigenvalue weighted by Crippen LogP contribution is 2.39. The van der Waals surface area contributed by atoms with Crippen molar-refractivity contribution in [3.8, 4) is 5.69 Å². The van der Waals surface area contributed by atoms with Crippen LogP contribution in [-0.4, -0.2) is 36.9 Å². The molecule has 0 aliphatic carbocycles. The monoisotopic (exact) mass is 512 g/mol. The zero-order chi connectivity index (χ0) is 25.8. The average Bonchev–Trinajstić information content (AvgIpc) is 3.52. The van der Waals surface area contributed by atoms with Crippen LogP contribution in [0.25, 0.3) is 5.69 Å². The Bertz CT molecular complexity index is 1410. The van der Waals surface area contributed by atoms with Crippen LogP contribution in [0.1, 0.15) is 29.9 Å². The Kier molecular flexibility index (Phi) is 6.91. The normalized spacial score (nSPS) is 16.9. The van der Waals surface area contributed by atoms with Crippen molar-refractivity contribution in [1.29, 1.82) is 0 Å². The molecule has 1 saturated heterocycles. The number of non-ortho nitro benzene ring substituents is 1. The number of carbonyl (C=O) groups excluding carboxylic acids is 1. The van der Waals surface area contributed by atoms with Gasteiger partial charge in [-0.2, -0.15) is 0 Å². The topological polar surface area (TPSA) is 105 Å². The van der Waals surface area contributed by atoms with Crippen molar-refractivity contribution < 1.29 is 9.72 Å². The standard InChI is InChI=1S/C27H24N6O3S/c34-24(29-19-7-2-1-3-8-19)15-18-32-26(25(30-27(32)37)22-9-4-5-16-28-22)23-10-6-17-31(23)20-11-13-21(14-12-20)33(35)36/h1-14,16-17,25-26H,15,18H2,(H,29,34)(H,30,37)/t25-,26+/m0/s1. The summed E-state index contributed by atoms with van der Waals surface area (Å²) in [5.41, 5.74) is 3.29. The summed E-state index contributed by atoms with van der Waals surface area (Å²) in [6.07, 6.45) is 3.89. The quantitative estimate of drug-likeness (QED) is 0.199. The maximum atomic E-state index is 12.7. The Labute approximate surface area is 218 Å². The number of hydrogen-bond donors (Lipinski definition) is 2. The molecule has 1 fully saturated rings. The smallest absolute Gasteiger partial charge is 0.269 e. The van der Waals surface area contributed by atoms with Gasteiger partial charge in [0.25, 0.3) is 5.69 Å². The van der Waals surface area contributed by atoms with Crippen LogP contribution in [0.3, 0.4) is 0 Å². The van der Waals surface area contributed by atoms with E-state index in [4.69, 9.17) is 12.2 Å². The molecule has 10 heteroatoms. The number of hydrogen-bond acceptors (Lipinski definition) is 5. The van der Waals surface area contributed by atoms with E-state index in [0.29, 0.717) is 11.7 Å². The number of nitro benzene ring substituents is 1. The first-order valence-corrected chi connectivity index (χ1v) is 12.2. The number of nitrogens with one attached hydrogen (secondary N) is 2. The van der Waals surface area contributed by atoms with Gasteiger partial charge in [-0.1, -0.05) is 24.3 Å². The highest BCUT2D eigenvalue weighted by molar-refractivity contribution is 7.80. The van der Waals surface area contributed by atoms with Gasteiger partial charge in [0.2, 0.25) is 5.91 Å². The minimum absolute atomic E-state index is 0.0265. The van der Waals surface area contributed by atoms with Gasteiger partial charge in [-0.3, -0.25) is 19.9 Å². The third kappa shape index (κ3) is 5.19. The number of pyridine rings is 1. The van der Waals surface area contributed by atoms with Crippen molar-refractivity contribution in [3.63, 3.8) is 0 Å². The minimum atomic E-state index is -0.418. The second kappa shape index (κ2) is 10.6. The number of amides is 1. The summed E-state index contributed by atoms with van der Waals surface area (Å²) >= 11 is 5.73. The van der Waals surface area contributed by atoms with Crippen LogP contribution in [0.15, 0.2) is 97.3 Å². The maximum Gasteiger partial charge on any atom is 0.269 e. The van der Waals surface area contributed by atoms with Crippen LogP contribution in [0, 0.1) is 10.1 Å². The zero-order valence-electron chi connectivity index (χ0n) is 19.7. The molecule has 1 aliphatic heterocycles. The summed E-state index contributed by atoms with van der Waals surface area (Å²) in [4.78, 5) is 30.0. The lowest BCUT2D eigenvalue weighted by atomic mass is 10.0. The van der Waals surface area contributed by atoms with Crippen molar-refractivity contribution in [2.45, 2.75) is 18.5 Å². The van der Waals surface area contributed by atoms with Gasteiger partial charge in [0.15, 0.2) is 5.11 Å². The lowest BCUT2D eigenvalue weighted by Crippen LogP contribution is -2.33. The van der Waals surface area contributed by atoms with E-state index in [9.17, 15) is 14.9 Å². The number of benzene rings is 2. The van der Waals surface area contributed by atoms with Crippen LogP contribution in [0.2, 0.25) is 0 Å². The van der Waals surface area contributed by atoms with Gasteiger partial charge in [0.05, 0.1) is 22.7 Å². The van der Waals surface area contributed by atoms with Crippen LogP contribution < -0.4 is 10.6 Å². The highest BCUT2D eigenvalue weighted by Gasteiger charge is 2.41. The van der Waals surface area contributed by atoms with E-state index in [1.54, 1.807) is 18.3 Å². The lowest BCUT2D eigenvalue weighted by molar-refractivity contribution is -0.384. The molecule has 0 unspecified atom stereocenters. The van der Waals surface area contributed by atoms with Crippen LogP contribution in [0.4, 0.5) is 11.4 Å². The minimum Gasteiger partial charge on any atom is -0.352 e. The number of nitro groups is 1. The summed E-state index contributed by atoms with van der Waals surface area (Å²) in [5, 5.41) is 18.0. The number of aromatic nitrogens is 2. The van der Waals surface area contributed by atoms with Gasteiger partial charge in [0, 0.05) is 54.6 Å². The maximum absolute atomic E-state index is 12.7. The van der Waals surface area contributed by atoms with E-state index in [-0.39, 0.29) is 30.1 Å². The van der Waals surface area contributed by atoms with E-state index >= 15 is 0 Å². The van der Waals surface area contributed by atoms with Gasteiger partial charge >= 0.3 is 0 Å². The molecule has 9 nitrogen and oxygen atoms in total. The SMILES string of the molecule is O=C(CCN1C(=S)N[C@@H](c2ccccn2)[C@H]1c1cccn1-c1ccc([N+](=O)[O-])cc1)Nc1ccccc1. The molecule has 37 heavy (non-hydrogen) atoms. The van der Waals surface area contributed by atoms with E-state index in [1.807, 2.05) is 76.3 Å². The molecule has 2 N–H and O–H groups in total. The average molecular weight is 513 g/mol. The van der Waals surface area contributed by atoms with Crippen molar-refractivity contribution in [2.24, 2.45) is 0 Å². The number of para-hydroxylation sites is 1. The molecule has 186 valence electrons. The molecule has 1 amide bonds. The number of rotatable bonds is 8. The fourth-order valence-corrected chi connectivity index (χ4v) is 4.87. The Hall–Kier alpha value is -4.57. The molecular formula is C27H24N6O3S. The molecule has 2 aromatic heterocycles. The lowest BCUT2D eigenvalue weighted by Gasteiger charge is -2.28. The highest BCUT2D eigenvalue weighted by atomic mass is 32.1. The van der Waals surface area contributed by atoms with Gasteiger partial charge in [-0.15, -0.1) is 0 Å². The Morgan fingerprint density at radius 2 is 1.78 bits per heavy atom. The van der Waals surface area contributed by atoms with Crippen molar-refractivity contribution in [2.75, 3.05) is 11.9 Å². The molecule has 4 aromatic rings. The molecule has 5 rings (SSSR count). The molecule has 0 radical (unpaired) electrons. The summed E-state index contributed by atoms with van der Waals surface area (Å²) in [6.45, 7) is 0.393. The Balaban J connectivity index is 1.45. The van der Waals surface area contributed by atoms with E-state index in [1.165, 1.54) is 12.1 Å². The van der Waals surface area contributed by atoms with Crippen molar-refractivity contribution in [3.05, 3.63) is 119 Å². The first-order chi connectivity index (χ1) is 18.0. The number of thiocarbonyl (C=S) groups is 1. The first kappa shape index (κ1) is 24.1. The summed E-state index contributed by atoms with van der Waals surface area (Å²) in [5.74, 6) is -0.111. The molecule has 2 aromatic carbocycles. The third-order valence-electron chi connectivity index (χ3n) is 6.26. The summed E-state index contributed by atoms with van der Waals surface area (Å²) in [7, 11) is 0. The summed E-state index contributed by atoms with van der Waals surface area (Å²) in [6, 6.07) is 24.9. The second-order valence-electron chi connectivity index (χ2n) is 8.56. The molecular weight excluding hydrogens is 488 g/mol. The molecule has 2 atom stereocenters. The van der Waals surface area contributed by atoms with Gasteiger partial charge in [-0.25, -0.2) is 0 Å². The van der Waals surface area contributed by atoms with Crippen LogP contribution >= 0.6 is 12.2 Å². The van der Waals surface area contributed by atoms with Crippen LogP contribution in [-0.2, 0) is 4.79 Å². The predicted molar refractivity (Wildman–Crippen MR) is 144 cm³/mol. The van der Waals surface area contributed by atoms with Gasteiger partial charge in [-0.05, 0) is 60.7 Å². The Morgan fingerprint density at radius 1 is 1.03 bits per heavy atom. The van der Waals surface area contributed by atoms with Crippen LogP contribution in [0.5, 0.6) is 0 Å². The van der Waals surface area contributed by atoms with E-state index in [2.05, 4.69) is 15.6 Å². The van der Waals surface area contributed by atoms with Gasteiger partial charge < -0.3 is 20.1 Å². The fraction of sp³-hybridized carbons (Fsp3) is 0.148. The molecule has 0 bridgehead atoms. The number of nitrogens with zero attached hydrogens (tertiary/aromatic N) is 4. The van der Waals surface area contributed by atoms with E-state index in [0.717, 1.165) is 22.8 Å². The molecule has 3 heterocycles. The molecule has 1 aliphatic rings. The predicted octanol–water partition coefficient (Wildman–Crippen LogP) is 4.78. The number of anilines is 1. The van der Waals surface area contributed by atoms with Crippen molar-refractivity contribution >= 4 is 34.6 Å².